The minimum absolute atomic E-state index is 0.00874. The van der Waals surface area contributed by atoms with Crippen molar-refractivity contribution in [1.82, 2.24) is 68.1 Å². The van der Waals surface area contributed by atoms with Crippen LogP contribution in [-0.4, -0.2) is 142 Å². The Hall–Kier alpha value is -9.04. The van der Waals surface area contributed by atoms with Gasteiger partial charge in [-0.05, 0) is 62.1 Å². The Morgan fingerprint density at radius 1 is 0.714 bits per heavy atom. The molecule has 1 saturated heterocycles. The number of primary amides is 1. The van der Waals surface area contributed by atoms with Gasteiger partial charge < -0.3 is 80.3 Å². The molecule has 4 aromatic rings. The molecule has 2 aromatic heterocycles. The van der Waals surface area contributed by atoms with Crippen molar-refractivity contribution in [2.24, 2.45) is 17.2 Å². The third-order valence-electron chi connectivity index (χ3n) is 12.5. The molecule has 0 spiro atoms. The Kier molecular flexibility index (Phi) is 22.7. The number of hydrogen-bond acceptors (Lipinski definition) is 12. The topological polar surface area (TPSA) is 444 Å². The van der Waals surface area contributed by atoms with Gasteiger partial charge in [0.15, 0.2) is 11.9 Å². The second kappa shape index (κ2) is 29.7. The Morgan fingerprint density at radius 3 is 1.99 bits per heavy atom. The van der Waals surface area contributed by atoms with Crippen molar-refractivity contribution in [3.05, 3.63) is 90.1 Å². The number of nitrogens with one attached hydrogen (secondary N) is 14. The van der Waals surface area contributed by atoms with Crippen molar-refractivity contribution < 1.29 is 43.2 Å². The largest absolute Gasteiger partial charge is 0.370 e. The van der Waals surface area contributed by atoms with Crippen molar-refractivity contribution in [2.75, 3.05) is 19.6 Å². The van der Waals surface area contributed by atoms with E-state index in [1.807, 2.05) is 24.3 Å². The lowest BCUT2D eigenvalue weighted by atomic mass is 10.0. The minimum Gasteiger partial charge on any atom is -0.370 e. The Balaban J connectivity index is 1.54. The summed E-state index contributed by atoms with van der Waals surface area (Å²) >= 11 is 0. The van der Waals surface area contributed by atoms with Crippen molar-refractivity contribution >= 4 is 76.0 Å². The van der Waals surface area contributed by atoms with Crippen molar-refractivity contribution in [1.29, 1.82) is 10.8 Å². The molecular formula is C50H70N18O9. The van der Waals surface area contributed by atoms with Gasteiger partial charge in [0.05, 0.1) is 18.4 Å². The van der Waals surface area contributed by atoms with Crippen LogP contribution in [0.2, 0.25) is 0 Å². The summed E-state index contributed by atoms with van der Waals surface area (Å²) in [6, 6.07) is 6.16. The number of hydrogen-bond donors (Lipinski definition) is 17. The molecule has 1 aliphatic heterocycles. The van der Waals surface area contributed by atoms with Crippen LogP contribution < -0.4 is 70.4 Å². The molecule has 0 aliphatic carbocycles. The van der Waals surface area contributed by atoms with E-state index in [1.165, 1.54) is 19.4 Å². The molecule has 7 atom stereocenters. The first-order valence-electron chi connectivity index (χ1n) is 25.2. The fourth-order valence-corrected chi connectivity index (χ4v) is 8.54. The number of H-pyrrole nitrogens is 2. The zero-order valence-electron chi connectivity index (χ0n) is 42.7. The number of nitrogens with two attached hydrogens (primary N) is 3. The van der Waals surface area contributed by atoms with Gasteiger partial charge in [-0.25, -0.2) is 4.98 Å². The summed E-state index contributed by atoms with van der Waals surface area (Å²) in [5, 5.41) is 42.5. The molecule has 5 rings (SSSR count). The van der Waals surface area contributed by atoms with E-state index in [9.17, 15) is 43.2 Å². The van der Waals surface area contributed by atoms with E-state index in [0.29, 0.717) is 16.8 Å². The SMILES string of the molecule is CC(=O)N[C@@H](CCCNC(=N)N)C(=O)N[C@H]1CC(=O)NCCCCC(C(N)=O)NC(=O)[C@H](Cc2c[nH]c3ccccc23)NC(=O)[C@H](CCCNC(=N)N)NC(=O)[C@@H](Cc2ccccc2)NC(=O)[C@H](Cc2c[nH]cn2)NC1=O. The first-order chi connectivity index (χ1) is 36.9. The number of amides is 9. The van der Waals surface area contributed by atoms with Crippen molar-refractivity contribution in [2.45, 2.75) is 120 Å². The summed E-state index contributed by atoms with van der Waals surface area (Å²) in [6.07, 6.45) is 4.27. The van der Waals surface area contributed by atoms with Crippen LogP contribution in [0.5, 0.6) is 0 Å². The molecule has 1 fully saturated rings. The summed E-state index contributed by atoms with van der Waals surface area (Å²) in [5.74, 6) is -7.95. The highest BCUT2D eigenvalue weighted by Gasteiger charge is 2.35. The number of fused-ring (bicyclic) bond motifs is 1. The van der Waals surface area contributed by atoms with E-state index < -0.39 is 102 Å². The van der Waals surface area contributed by atoms with Gasteiger partial charge in [0.2, 0.25) is 53.2 Å². The number of guanidine groups is 2. The maximum atomic E-state index is 14.7. The molecule has 0 saturated carbocycles. The monoisotopic (exact) mass is 1070 g/mol. The molecule has 27 heteroatoms. The smallest absolute Gasteiger partial charge is 0.243 e. The van der Waals surface area contributed by atoms with E-state index in [2.05, 4.69) is 68.1 Å². The average Bonchev–Trinajstić information content (AvgIpc) is 4.07. The van der Waals surface area contributed by atoms with Crippen LogP contribution >= 0.6 is 0 Å². The van der Waals surface area contributed by atoms with Crippen LogP contribution in [0.15, 0.2) is 73.3 Å². The number of benzene rings is 2. The highest BCUT2D eigenvalue weighted by atomic mass is 16.2. The van der Waals surface area contributed by atoms with Gasteiger partial charge in [-0.3, -0.25) is 54.0 Å². The lowest BCUT2D eigenvalue weighted by molar-refractivity contribution is -0.136. The Labute approximate surface area is 443 Å². The number of rotatable bonds is 18. The van der Waals surface area contributed by atoms with Gasteiger partial charge in [-0.2, -0.15) is 0 Å². The third kappa shape index (κ3) is 19.6. The lowest BCUT2D eigenvalue weighted by Crippen LogP contribution is -2.61. The summed E-state index contributed by atoms with van der Waals surface area (Å²) in [7, 11) is 0. The van der Waals surface area contributed by atoms with E-state index in [-0.39, 0.29) is 95.8 Å². The maximum Gasteiger partial charge on any atom is 0.243 e. The summed E-state index contributed by atoms with van der Waals surface area (Å²) in [4.78, 5) is 136. The standard InChI is InChI=1S/C50H70N18O9/c1-28(69)62-35(16-9-19-58-49(52)53)43(72)68-40-24-41(70)57-18-8-7-15-34(42(51)71)63-46(75)38(22-30-25-60-33-14-6-5-13-32(30)33)66-44(73)36(17-10-20-59-50(54)55)64-45(74)37(21-29-11-3-2-4-12-29)65-47(76)39(67-48(40)77)23-31-26-56-27-61-31/h2-6,11-14,25-27,34-40,60H,7-10,15-24H2,1H3,(H2,51,71)(H,56,61)(H,57,70)(H,62,69)(H,63,75)(H,64,74)(H,65,76)(H,66,73)(H,67,77)(H,68,72)(H4,52,53,58)(H4,54,55,59)/t34?,35-,36-,37+,38-,39-,40-/m0/s1. The molecule has 77 heavy (non-hydrogen) atoms. The van der Waals surface area contributed by atoms with E-state index in [4.69, 9.17) is 28.0 Å². The molecule has 2 aromatic carbocycles. The average molecular weight is 1070 g/mol. The molecule has 9 amide bonds. The predicted molar refractivity (Wildman–Crippen MR) is 283 cm³/mol. The van der Waals surface area contributed by atoms with Crippen LogP contribution in [-0.2, 0) is 62.4 Å². The maximum absolute atomic E-state index is 14.7. The zero-order chi connectivity index (χ0) is 55.9. The second-order valence-corrected chi connectivity index (χ2v) is 18.6. The Morgan fingerprint density at radius 2 is 1.32 bits per heavy atom. The fraction of sp³-hybridized carbons (Fsp3) is 0.440. The van der Waals surface area contributed by atoms with Gasteiger partial charge >= 0.3 is 0 Å². The fourth-order valence-electron chi connectivity index (χ4n) is 8.54. The first kappa shape index (κ1) is 58.8. The molecule has 414 valence electrons. The summed E-state index contributed by atoms with van der Waals surface area (Å²) in [5.41, 5.74) is 19.0. The number of para-hydroxylation sites is 1. The van der Waals surface area contributed by atoms with Crippen molar-refractivity contribution in [3.8, 4) is 0 Å². The molecule has 0 bridgehead atoms. The van der Waals surface area contributed by atoms with Crippen molar-refractivity contribution in [3.63, 3.8) is 0 Å². The molecule has 0 radical (unpaired) electrons. The van der Waals surface area contributed by atoms with E-state index in [0.717, 1.165) is 10.9 Å². The lowest BCUT2D eigenvalue weighted by Gasteiger charge is -2.28. The predicted octanol–water partition coefficient (Wildman–Crippen LogP) is -2.97. The molecule has 20 N–H and O–H groups in total. The van der Waals surface area contributed by atoms with E-state index >= 15 is 0 Å². The number of carbonyl (C=O) groups is 9. The van der Waals surface area contributed by atoms with Gasteiger partial charge in [-0.15, -0.1) is 0 Å². The molecule has 27 nitrogen and oxygen atoms in total. The van der Waals surface area contributed by atoms with Gasteiger partial charge in [0.25, 0.3) is 0 Å². The normalized spacial score (nSPS) is 20.8. The highest BCUT2D eigenvalue weighted by Crippen LogP contribution is 2.20. The highest BCUT2D eigenvalue weighted by molar-refractivity contribution is 5.99. The molecule has 1 unspecified atom stereocenters. The van der Waals surface area contributed by atoms with Crippen LogP contribution in [0.3, 0.4) is 0 Å². The molecule has 3 heterocycles. The molecular weight excluding hydrogens is 997 g/mol. The van der Waals surface area contributed by atoms with Crippen LogP contribution in [0.4, 0.5) is 0 Å². The third-order valence-corrected chi connectivity index (χ3v) is 12.5. The number of carbonyl (C=O) groups excluding carboxylic acids is 9. The molecule has 1 aliphatic rings. The van der Waals surface area contributed by atoms with Crippen LogP contribution in [0, 0.1) is 10.8 Å². The summed E-state index contributed by atoms with van der Waals surface area (Å²) < 4.78 is 0. The second-order valence-electron chi connectivity index (χ2n) is 18.6. The van der Waals surface area contributed by atoms with Gasteiger partial charge in [-0.1, -0.05) is 48.5 Å². The van der Waals surface area contributed by atoms with E-state index in [1.54, 1.807) is 36.5 Å². The number of imidazole rings is 1. The zero-order valence-corrected chi connectivity index (χ0v) is 42.7. The quantitative estimate of drug-likeness (QED) is 0.0269. The number of aromatic amines is 2. The van der Waals surface area contributed by atoms with Crippen LogP contribution in [0.1, 0.15) is 75.1 Å². The number of aromatic nitrogens is 3. The Bertz CT molecular complexity index is 2700. The number of nitrogens with zero attached hydrogens (tertiary/aromatic N) is 1. The van der Waals surface area contributed by atoms with Crippen LogP contribution in [0.25, 0.3) is 10.9 Å². The van der Waals surface area contributed by atoms with Gasteiger partial charge in [0, 0.05) is 69.1 Å². The summed E-state index contributed by atoms with van der Waals surface area (Å²) in [6.45, 7) is 1.48. The first-order valence-corrected chi connectivity index (χ1v) is 25.2. The minimum atomic E-state index is -1.66. The van der Waals surface area contributed by atoms with Gasteiger partial charge in [0.1, 0.15) is 42.3 Å².